The van der Waals surface area contributed by atoms with Gasteiger partial charge in [-0.05, 0) is 31.0 Å². The highest BCUT2D eigenvalue weighted by molar-refractivity contribution is 6.34. The molecule has 0 bridgehead atoms. The summed E-state index contributed by atoms with van der Waals surface area (Å²) in [5.74, 6) is -0.888. The quantitative estimate of drug-likeness (QED) is 0.828. The number of halogens is 1. The molecule has 0 aliphatic carbocycles. The minimum atomic E-state index is -0.558. The van der Waals surface area contributed by atoms with Gasteiger partial charge in [-0.2, -0.15) is 0 Å². The SMILES string of the molecule is Cc1cc(C)c(NC(=O)CN2C(=O)CNC2=O)c(Cl)c1. The van der Waals surface area contributed by atoms with Crippen molar-refractivity contribution in [2.75, 3.05) is 18.4 Å². The number of nitrogens with one attached hydrogen (secondary N) is 2. The van der Waals surface area contributed by atoms with Crippen molar-refractivity contribution in [2.45, 2.75) is 13.8 Å². The van der Waals surface area contributed by atoms with Crippen molar-refractivity contribution in [1.82, 2.24) is 10.2 Å². The summed E-state index contributed by atoms with van der Waals surface area (Å²) < 4.78 is 0. The lowest BCUT2D eigenvalue weighted by atomic mass is 10.1. The Morgan fingerprint density at radius 2 is 2.10 bits per heavy atom. The Morgan fingerprint density at radius 1 is 1.40 bits per heavy atom. The second-order valence-corrected chi connectivity index (χ2v) is 5.03. The molecule has 1 aliphatic heterocycles. The fourth-order valence-corrected chi connectivity index (χ4v) is 2.38. The molecule has 1 fully saturated rings. The molecule has 1 aromatic carbocycles. The van der Waals surface area contributed by atoms with Crippen LogP contribution in [0, 0.1) is 13.8 Å². The molecule has 0 atom stereocenters. The minimum absolute atomic E-state index is 0.0730. The van der Waals surface area contributed by atoms with Crippen molar-refractivity contribution < 1.29 is 14.4 Å². The molecule has 1 aliphatic rings. The third-order valence-corrected chi connectivity index (χ3v) is 3.23. The van der Waals surface area contributed by atoms with E-state index in [1.165, 1.54) is 0 Å². The molecule has 2 rings (SSSR count). The maximum Gasteiger partial charge on any atom is 0.325 e. The van der Waals surface area contributed by atoms with Crippen LogP contribution in [0.25, 0.3) is 0 Å². The smallest absolute Gasteiger partial charge is 0.325 e. The van der Waals surface area contributed by atoms with Crippen molar-refractivity contribution in [3.8, 4) is 0 Å². The Morgan fingerprint density at radius 3 is 2.65 bits per heavy atom. The largest absolute Gasteiger partial charge is 0.329 e. The minimum Gasteiger partial charge on any atom is -0.329 e. The standard InChI is InChI=1S/C13H14ClN3O3/c1-7-3-8(2)12(9(14)4-7)16-10(18)6-17-11(19)5-15-13(17)20/h3-4H,5-6H2,1-2H3,(H,15,20)(H,16,18). The van der Waals surface area contributed by atoms with Gasteiger partial charge >= 0.3 is 6.03 Å². The lowest BCUT2D eigenvalue weighted by molar-refractivity contribution is -0.128. The molecule has 0 unspecified atom stereocenters. The number of anilines is 1. The van der Waals surface area contributed by atoms with E-state index in [2.05, 4.69) is 10.6 Å². The number of rotatable bonds is 3. The van der Waals surface area contributed by atoms with Gasteiger partial charge in [-0.15, -0.1) is 0 Å². The second kappa shape index (κ2) is 5.50. The molecular formula is C13H14ClN3O3. The van der Waals surface area contributed by atoms with Gasteiger partial charge in [-0.25, -0.2) is 4.79 Å². The molecule has 0 saturated carbocycles. The Kier molecular flexibility index (Phi) is 3.94. The van der Waals surface area contributed by atoms with Crippen LogP contribution >= 0.6 is 11.6 Å². The third-order valence-electron chi connectivity index (χ3n) is 2.93. The Hall–Kier alpha value is -2.08. The van der Waals surface area contributed by atoms with Crippen LogP contribution in [0.5, 0.6) is 0 Å². The lowest BCUT2D eigenvalue weighted by Crippen LogP contribution is -2.38. The normalized spacial score (nSPS) is 14.4. The number of benzene rings is 1. The van der Waals surface area contributed by atoms with E-state index in [0.29, 0.717) is 10.7 Å². The molecule has 1 aromatic rings. The average Bonchev–Trinajstić information content (AvgIpc) is 2.65. The van der Waals surface area contributed by atoms with E-state index in [0.717, 1.165) is 16.0 Å². The van der Waals surface area contributed by atoms with Gasteiger partial charge in [0.05, 0.1) is 17.3 Å². The number of carbonyl (C=O) groups is 3. The summed E-state index contributed by atoms with van der Waals surface area (Å²) in [4.78, 5) is 35.5. The molecule has 20 heavy (non-hydrogen) atoms. The number of urea groups is 1. The van der Waals surface area contributed by atoms with Crippen LogP contribution in [0.1, 0.15) is 11.1 Å². The summed E-state index contributed by atoms with van der Waals surface area (Å²) in [7, 11) is 0. The first-order valence-corrected chi connectivity index (χ1v) is 6.41. The third kappa shape index (κ3) is 2.91. The summed E-state index contributed by atoms with van der Waals surface area (Å²) in [5.41, 5.74) is 2.30. The average molecular weight is 296 g/mol. The highest BCUT2D eigenvalue weighted by Crippen LogP contribution is 2.27. The van der Waals surface area contributed by atoms with Crippen LogP contribution in [-0.2, 0) is 9.59 Å². The number of hydrogen-bond acceptors (Lipinski definition) is 3. The lowest BCUT2D eigenvalue weighted by Gasteiger charge is -2.15. The molecule has 0 aromatic heterocycles. The van der Waals surface area contributed by atoms with Gasteiger partial charge in [0.1, 0.15) is 6.54 Å². The molecule has 1 heterocycles. The van der Waals surface area contributed by atoms with Gasteiger partial charge < -0.3 is 10.6 Å². The van der Waals surface area contributed by atoms with Crippen LogP contribution in [0.2, 0.25) is 5.02 Å². The van der Waals surface area contributed by atoms with E-state index in [1.54, 1.807) is 6.07 Å². The van der Waals surface area contributed by atoms with Crippen molar-refractivity contribution in [1.29, 1.82) is 0 Å². The maximum atomic E-state index is 11.9. The molecule has 6 nitrogen and oxygen atoms in total. The monoisotopic (exact) mass is 295 g/mol. The van der Waals surface area contributed by atoms with Crippen LogP contribution in [-0.4, -0.2) is 35.8 Å². The number of hydrogen-bond donors (Lipinski definition) is 2. The van der Waals surface area contributed by atoms with E-state index in [-0.39, 0.29) is 13.1 Å². The van der Waals surface area contributed by atoms with Gasteiger partial charge in [0.25, 0.3) is 5.91 Å². The number of carbonyl (C=O) groups excluding carboxylic acids is 3. The van der Waals surface area contributed by atoms with Gasteiger partial charge in [-0.1, -0.05) is 17.7 Å². The zero-order chi connectivity index (χ0) is 14.9. The van der Waals surface area contributed by atoms with E-state index >= 15 is 0 Å². The second-order valence-electron chi connectivity index (χ2n) is 4.63. The first-order valence-electron chi connectivity index (χ1n) is 6.03. The molecule has 7 heteroatoms. The van der Waals surface area contributed by atoms with Gasteiger partial charge in [0.2, 0.25) is 5.91 Å². The molecule has 2 N–H and O–H groups in total. The maximum absolute atomic E-state index is 11.9. The summed E-state index contributed by atoms with van der Waals surface area (Å²) in [5, 5.41) is 5.40. The van der Waals surface area contributed by atoms with Crippen molar-refractivity contribution in [3.63, 3.8) is 0 Å². The fraction of sp³-hybridized carbons (Fsp3) is 0.308. The molecule has 0 radical (unpaired) electrons. The Bertz CT molecular complexity index is 562. The first-order chi connectivity index (χ1) is 9.38. The number of amides is 4. The zero-order valence-corrected chi connectivity index (χ0v) is 11.9. The van der Waals surface area contributed by atoms with E-state index in [1.807, 2.05) is 19.9 Å². The summed E-state index contributed by atoms with van der Waals surface area (Å²) in [6.45, 7) is 3.32. The van der Waals surface area contributed by atoms with Crippen molar-refractivity contribution >= 4 is 35.1 Å². The highest BCUT2D eigenvalue weighted by atomic mass is 35.5. The molecular weight excluding hydrogens is 282 g/mol. The summed E-state index contributed by atoms with van der Waals surface area (Å²) >= 11 is 6.08. The summed E-state index contributed by atoms with van der Waals surface area (Å²) in [6.07, 6.45) is 0. The first kappa shape index (κ1) is 14.3. The van der Waals surface area contributed by atoms with E-state index in [9.17, 15) is 14.4 Å². The highest BCUT2D eigenvalue weighted by Gasteiger charge is 2.30. The molecule has 106 valence electrons. The van der Waals surface area contributed by atoms with Crippen LogP contribution in [0.15, 0.2) is 12.1 Å². The van der Waals surface area contributed by atoms with Crippen LogP contribution in [0.3, 0.4) is 0 Å². The van der Waals surface area contributed by atoms with Gasteiger partial charge in [0.15, 0.2) is 0 Å². The van der Waals surface area contributed by atoms with Crippen LogP contribution in [0.4, 0.5) is 10.5 Å². The molecule has 4 amide bonds. The fourth-order valence-electron chi connectivity index (χ4n) is 2.01. The van der Waals surface area contributed by atoms with Crippen molar-refractivity contribution in [2.24, 2.45) is 0 Å². The number of aryl methyl sites for hydroxylation is 2. The Balaban J connectivity index is 2.09. The molecule has 1 saturated heterocycles. The number of nitrogens with zero attached hydrogens (tertiary/aromatic N) is 1. The van der Waals surface area contributed by atoms with Gasteiger partial charge in [0, 0.05) is 0 Å². The number of imide groups is 1. The van der Waals surface area contributed by atoms with Crippen molar-refractivity contribution in [3.05, 3.63) is 28.3 Å². The van der Waals surface area contributed by atoms with Crippen LogP contribution < -0.4 is 10.6 Å². The van der Waals surface area contributed by atoms with Gasteiger partial charge in [-0.3, -0.25) is 14.5 Å². The topological polar surface area (TPSA) is 78.5 Å². The molecule has 0 spiro atoms. The zero-order valence-electron chi connectivity index (χ0n) is 11.1. The predicted octanol–water partition coefficient (Wildman–Crippen LogP) is 1.45. The van der Waals surface area contributed by atoms with E-state index in [4.69, 9.17) is 11.6 Å². The Labute approximate surface area is 121 Å². The predicted molar refractivity (Wildman–Crippen MR) is 74.7 cm³/mol. The summed E-state index contributed by atoms with van der Waals surface area (Å²) in [6, 6.07) is 3.06. The van der Waals surface area contributed by atoms with E-state index < -0.39 is 17.8 Å².